The molecule has 13 heavy (non-hydrogen) atoms. The predicted octanol–water partition coefficient (Wildman–Crippen LogP) is -1.53. The summed E-state index contributed by atoms with van der Waals surface area (Å²) in [7, 11) is -9.58. The number of hydrogen-bond donors (Lipinski definition) is 5. The summed E-state index contributed by atoms with van der Waals surface area (Å²) in [5, 5.41) is 0. The van der Waals surface area contributed by atoms with Crippen LogP contribution >= 0.6 is 0 Å². The number of nitrogens with one attached hydrogen (secondary N) is 2. The van der Waals surface area contributed by atoms with Gasteiger partial charge < -0.3 is 4.55 Å². The Labute approximate surface area is 72.6 Å². The summed E-state index contributed by atoms with van der Waals surface area (Å²) in [6.07, 6.45) is 0. The summed E-state index contributed by atoms with van der Waals surface area (Å²) in [5.74, 6) is 0. The lowest BCUT2D eigenvalue weighted by atomic mass is 13.0. The molecular formula is H5N3O8S2. The van der Waals surface area contributed by atoms with Crippen LogP contribution in [-0.4, -0.2) is 35.0 Å². The lowest BCUT2D eigenvalue weighted by Crippen LogP contribution is -1.90. The molecule has 0 aliphatic rings. The summed E-state index contributed by atoms with van der Waals surface area (Å²) < 4.78 is 64.4. The molecule has 0 aliphatic heterocycles. The Kier molecular flexibility index (Phi) is 10.6. The van der Waals surface area contributed by atoms with Gasteiger partial charge in [-0.05, 0) is 0 Å². The van der Waals surface area contributed by atoms with E-state index in [-0.39, 0.29) is 0 Å². The average molecular weight is 239 g/mol. The van der Waals surface area contributed by atoms with Crippen molar-refractivity contribution in [3.05, 3.63) is 0 Å². The first-order valence-corrected chi connectivity index (χ1v) is 4.59. The Morgan fingerprint density at radius 2 is 1.00 bits per heavy atom. The van der Waals surface area contributed by atoms with Crippen molar-refractivity contribution in [2.45, 2.75) is 0 Å². The molecule has 0 fully saturated rings. The van der Waals surface area contributed by atoms with E-state index in [0.29, 0.717) is 0 Å². The van der Waals surface area contributed by atoms with Gasteiger partial charge in [0.25, 0.3) is 0 Å². The highest BCUT2D eigenvalue weighted by atomic mass is 32.3. The van der Waals surface area contributed by atoms with Gasteiger partial charge in [-0.25, -0.2) is 8.42 Å². The van der Waals surface area contributed by atoms with Crippen LogP contribution in [0.3, 0.4) is 0 Å². The first-order valence-electron chi connectivity index (χ1n) is 1.83. The van der Waals surface area contributed by atoms with Crippen LogP contribution in [-0.2, 0) is 20.8 Å². The third-order valence-electron chi connectivity index (χ3n) is 0. The summed E-state index contributed by atoms with van der Waals surface area (Å²) in [5.41, 5.74) is 11.0. The van der Waals surface area contributed by atoms with Crippen LogP contribution in [0.15, 0.2) is 0 Å². The van der Waals surface area contributed by atoms with E-state index in [2.05, 4.69) is 0 Å². The van der Waals surface area contributed by atoms with Crippen molar-refractivity contribution in [1.29, 1.82) is 11.1 Å². The Bertz CT molecular complexity index is 282. The number of nitrogens with zero attached hydrogens (tertiary/aromatic N) is 1. The Hall–Kier alpha value is -0.950. The quantitative estimate of drug-likeness (QED) is 0.144. The van der Waals surface area contributed by atoms with Crippen molar-refractivity contribution in [3.8, 4) is 0 Å². The summed E-state index contributed by atoms with van der Waals surface area (Å²) in [6, 6.07) is 0. The molecule has 11 nitrogen and oxygen atoms in total. The molecule has 13 heteroatoms. The Morgan fingerprint density at radius 3 is 1.00 bits per heavy atom. The second kappa shape index (κ2) is 7.69. The molecule has 5 N–H and O–H groups in total. The van der Waals surface area contributed by atoms with E-state index >= 15 is 0 Å². The van der Waals surface area contributed by atoms with Crippen LogP contribution in [0.2, 0.25) is 0 Å². The van der Waals surface area contributed by atoms with Gasteiger partial charge in [-0.15, -0.1) is 0 Å². The fourth-order valence-electron chi connectivity index (χ4n) is 0. The molecule has 0 atom stereocenters. The maximum absolute atomic E-state index is 8.74. The van der Waals surface area contributed by atoms with Crippen molar-refractivity contribution < 1.29 is 35.0 Å². The molecule has 0 aromatic rings. The second-order valence-electron chi connectivity index (χ2n) is 0.987. The molecule has 0 saturated heterocycles. The first kappa shape index (κ1) is 18.0. The molecule has 0 saturated carbocycles. The fraction of sp³-hybridized carbons (Fsp3) is 0. The molecule has 0 bridgehead atoms. The molecule has 0 aromatic carbocycles. The highest BCUT2D eigenvalue weighted by molar-refractivity contribution is 7.80. The molecule has 0 amide bonds. The zero-order valence-electron chi connectivity index (χ0n) is 5.65. The molecular weight excluding hydrogens is 234 g/mol. The lowest BCUT2D eigenvalue weighted by Gasteiger charge is -1.88. The first-order chi connectivity index (χ1) is 5.41. The van der Waals surface area contributed by atoms with E-state index in [1.165, 1.54) is 0 Å². The molecule has 0 rings (SSSR count). The van der Waals surface area contributed by atoms with Gasteiger partial charge in [-0.1, -0.05) is 0 Å². The Balaban J connectivity index is -0.000000120. The van der Waals surface area contributed by atoms with Gasteiger partial charge in [0.05, 0.1) is 0 Å². The maximum atomic E-state index is 8.74. The van der Waals surface area contributed by atoms with E-state index in [1.54, 1.807) is 0 Å². The Morgan fingerprint density at radius 1 is 1.00 bits per heavy atom. The standard InChI is InChI=1S/H2N3.2H2O4S/c1-3-2;2*1-5(2,3)4/h1-2H;2*(H2,1,2,3,4)/q+1;;/p-1. The molecule has 0 unspecified atom stereocenters. The topological polar surface area (TPSA) is 214 Å². The molecule has 80 valence electrons. The van der Waals surface area contributed by atoms with Crippen LogP contribution < -0.4 is 4.91 Å². The van der Waals surface area contributed by atoms with Gasteiger partial charge in [0.15, 0.2) is 0 Å². The van der Waals surface area contributed by atoms with Gasteiger partial charge in [0.2, 0.25) is 15.3 Å². The molecule has 0 spiro atoms. The van der Waals surface area contributed by atoms with Crippen LogP contribution in [0, 0.1) is 11.1 Å². The number of rotatable bonds is 0. The van der Waals surface area contributed by atoms with Crippen LogP contribution in [0.4, 0.5) is 0 Å². The van der Waals surface area contributed by atoms with E-state index < -0.39 is 20.8 Å². The zero-order chi connectivity index (χ0) is 11.7. The average Bonchev–Trinajstić information content (AvgIpc) is 1.52. The lowest BCUT2D eigenvalue weighted by molar-refractivity contribution is 0.366. The summed E-state index contributed by atoms with van der Waals surface area (Å²) >= 11 is 0. The highest BCUT2D eigenvalue weighted by Crippen LogP contribution is 1.59. The van der Waals surface area contributed by atoms with E-state index in [4.69, 9.17) is 46.1 Å². The van der Waals surface area contributed by atoms with E-state index in [0.717, 1.165) is 0 Å². The van der Waals surface area contributed by atoms with Crippen LogP contribution in [0.5, 0.6) is 0 Å². The van der Waals surface area contributed by atoms with Crippen LogP contribution in [0.1, 0.15) is 0 Å². The minimum absolute atomic E-state index is 2.00. The third kappa shape index (κ3) is 1000. The SMILES string of the molecule is N=[N+]=N.O=S(=O)(O)O.O=S(=O)([O-])O. The van der Waals surface area contributed by atoms with Crippen LogP contribution in [0.25, 0.3) is 0 Å². The van der Waals surface area contributed by atoms with Crippen molar-refractivity contribution in [3.63, 3.8) is 0 Å². The molecule has 0 radical (unpaired) electrons. The van der Waals surface area contributed by atoms with Gasteiger partial charge in [0.1, 0.15) is 11.1 Å². The third-order valence-corrected chi connectivity index (χ3v) is 0. The largest absolute Gasteiger partial charge is 0.726 e. The van der Waals surface area contributed by atoms with Gasteiger partial charge in [-0.2, -0.15) is 8.42 Å². The number of hydrogen-bond acceptors (Lipinski definition) is 7. The van der Waals surface area contributed by atoms with E-state index in [9.17, 15) is 0 Å². The zero-order valence-corrected chi connectivity index (χ0v) is 7.28. The second-order valence-corrected chi connectivity index (χ2v) is 2.74. The highest BCUT2D eigenvalue weighted by Gasteiger charge is 1.84. The van der Waals surface area contributed by atoms with Gasteiger partial charge in [-0.3, -0.25) is 13.7 Å². The normalized spacial score (nSPS) is 9.54. The molecule has 0 aromatic heterocycles. The summed E-state index contributed by atoms with van der Waals surface area (Å²) in [4.78, 5) is 2.00. The smallest absolute Gasteiger partial charge is 0.394 e. The minimum Gasteiger partial charge on any atom is -0.726 e. The minimum atomic E-state index is -4.92. The van der Waals surface area contributed by atoms with Gasteiger partial charge in [0, 0.05) is 0 Å². The molecule has 0 aliphatic carbocycles. The fourth-order valence-corrected chi connectivity index (χ4v) is 0. The maximum Gasteiger partial charge on any atom is 0.394 e. The van der Waals surface area contributed by atoms with E-state index in [1.807, 2.05) is 4.91 Å². The monoisotopic (exact) mass is 239 g/mol. The van der Waals surface area contributed by atoms with Crippen molar-refractivity contribution in [2.75, 3.05) is 0 Å². The van der Waals surface area contributed by atoms with Crippen molar-refractivity contribution >= 4 is 20.8 Å². The molecule has 0 heterocycles. The van der Waals surface area contributed by atoms with Crippen molar-refractivity contribution in [2.24, 2.45) is 0 Å². The predicted molar refractivity (Wildman–Crippen MR) is 34.1 cm³/mol. The van der Waals surface area contributed by atoms with Gasteiger partial charge >= 0.3 is 10.4 Å². The summed E-state index contributed by atoms with van der Waals surface area (Å²) in [6.45, 7) is 0. The van der Waals surface area contributed by atoms with Crippen molar-refractivity contribution in [1.82, 2.24) is 4.91 Å².